The SMILES string of the molecule is [2H]C([2H])([2H])[C@@H](CO)N1C(=O)c2ccccc2C1=O. The van der Waals surface area contributed by atoms with Crippen LogP contribution in [0.1, 0.15) is 31.7 Å². The van der Waals surface area contributed by atoms with Gasteiger partial charge in [-0.05, 0) is 19.0 Å². The number of imide groups is 1. The first kappa shape index (κ1) is 6.74. The van der Waals surface area contributed by atoms with Crippen molar-refractivity contribution in [2.75, 3.05) is 6.61 Å². The van der Waals surface area contributed by atoms with Gasteiger partial charge in [0.1, 0.15) is 0 Å². The van der Waals surface area contributed by atoms with Crippen molar-refractivity contribution in [3.63, 3.8) is 0 Å². The lowest BCUT2D eigenvalue weighted by Gasteiger charge is -2.19. The summed E-state index contributed by atoms with van der Waals surface area (Å²) in [7, 11) is 0. The number of aliphatic hydroxyl groups is 1. The molecule has 0 unspecified atom stereocenters. The maximum absolute atomic E-state index is 12.0. The van der Waals surface area contributed by atoms with E-state index in [9.17, 15) is 9.59 Å². The van der Waals surface area contributed by atoms with Gasteiger partial charge in [-0.25, -0.2) is 0 Å². The molecule has 0 saturated carbocycles. The Morgan fingerprint density at radius 2 is 1.87 bits per heavy atom. The van der Waals surface area contributed by atoms with Gasteiger partial charge in [0.25, 0.3) is 11.8 Å². The zero-order valence-electron chi connectivity index (χ0n) is 10.8. The van der Waals surface area contributed by atoms with E-state index in [2.05, 4.69) is 0 Å². The van der Waals surface area contributed by atoms with Crippen LogP contribution in [-0.4, -0.2) is 34.5 Å². The molecule has 0 aliphatic carbocycles. The van der Waals surface area contributed by atoms with Crippen LogP contribution in [-0.2, 0) is 0 Å². The molecule has 1 aliphatic rings. The van der Waals surface area contributed by atoms with Crippen LogP contribution in [0.3, 0.4) is 0 Å². The minimum absolute atomic E-state index is 0.171. The van der Waals surface area contributed by atoms with E-state index in [1.165, 1.54) is 12.1 Å². The molecule has 1 atom stereocenters. The molecule has 78 valence electrons. The molecule has 1 aromatic rings. The normalized spacial score (nSPS) is 20.6. The number of carbonyl (C=O) groups excluding carboxylic acids is 2. The molecular weight excluding hydrogens is 194 g/mol. The topological polar surface area (TPSA) is 57.6 Å². The van der Waals surface area contributed by atoms with Crippen molar-refractivity contribution in [3.05, 3.63) is 35.4 Å². The highest BCUT2D eigenvalue weighted by Crippen LogP contribution is 2.23. The first-order valence-electron chi connectivity index (χ1n) is 5.95. The predicted octanol–water partition coefficient (Wildman–Crippen LogP) is 0.663. The smallest absolute Gasteiger partial charge is 0.261 e. The molecule has 15 heavy (non-hydrogen) atoms. The molecule has 0 bridgehead atoms. The largest absolute Gasteiger partial charge is 0.394 e. The van der Waals surface area contributed by atoms with Crippen LogP contribution in [0.2, 0.25) is 0 Å². The van der Waals surface area contributed by atoms with Gasteiger partial charge < -0.3 is 5.11 Å². The second-order valence-electron chi connectivity index (χ2n) is 3.22. The Morgan fingerprint density at radius 1 is 1.33 bits per heavy atom. The van der Waals surface area contributed by atoms with E-state index in [-0.39, 0.29) is 11.1 Å². The van der Waals surface area contributed by atoms with Crippen molar-refractivity contribution in [2.24, 2.45) is 0 Å². The Labute approximate surface area is 91.3 Å². The summed E-state index contributed by atoms with van der Waals surface area (Å²) in [6.07, 6.45) is 0. The molecule has 1 aromatic carbocycles. The molecule has 0 radical (unpaired) electrons. The van der Waals surface area contributed by atoms with Crippen LogP contribution in [0.15, 0.2) is 24.3 Å². The molecule has 4 heteroatoms. The van der Waals surface area contributed by atoms with E-state index in [0.717, 1.165) is 0 Å². The highest BCUT2D eigenvalue weighted by molar-refractivity contribution is 6.21. The summed E-state index contributed by atoms with van der Waals surface area (Å²) in [6.45, 7) is -3.40. The van der Waals surface area contributed by atoms with E-state index < -0.39 is 31.3 Å². The molecule has 4 nitrogen and oxygen atoms in total. The average molecular weight is 208 g/mol. The highest BCUT2D eigenvalue weighted by atomic mass is 16.3. The van der Waals surface area contributed by atoms with Crippen LogP contribution in [0.5, 0.6) is 0 Å². The predicted molar refractivity (Wildman–Crippen MR) is 53.5 cm³/mol. The highest BCUT2D eigenvalue weighted by Gasteiger charge is 2.37. The molecule has 1 N–H and O–H groups in total. The van der Waals surface area contributed by atoms with Gasteiger partial charge in [0.15, 0.2) is 0 Å². The molecule has 0 aromatic heterocycles. The van der Waals surface area contributed by atoms with E-state index in [1.54, 1.807) is 12.1 Å². The number of hydrogen-bond acceptors (Lipinski definition) is 3. The van der Waals surface area contributed by atoms with Crippen LogP contribution in [0.4, 0.5) is 0 Å². The molecule has 0 spiro atoms. The summed E-state index contributed by atoms with van der Waals surface area (Å²) in [4.78, 5) is 24.6. The van der Waals surface area contributed by atoms with Gasteiger partial charge in [-0.2, -0.15) is 0 Å². The third-order valence-electron chi connectivity index (χ3n) is 2.31. The van der Waals surface area contributed by atoms with Crippen molar-refractivity contribution < 1.29 is 18.8 Å². The lowest BCUT2D eigenvalue weighted by atomic mass is 10.1. The number of fused-ring (bicyclic) bond motifs is 1. The first-order chi connectivity index (χ1) is 8.38. The van der Waals surface area contributed by atoms with Crippen LogP contribution < -0.4 is 0 Å². The average Bonchev–Trinajstić information content (AvgIpc) is 2.54. The van der Waals surface area contributed by atoms with Gasteiger partial charge >= 0.3 is 0 Å². The molecule has 0 saturated heterocycles. The monoisotopic (exact) mass is 208 g/mol. The Balaban J connectivity index is 2.45. The van der Waals surface area contributed by atoms with Crippen molar-refractivity contribution in [1.82, 2.24) is 4.90 Å². The molecule has 1 heterocycles. The van der Waals surface area contributed by atoms with Crippen molar-refractivity contribution >= 4 is 11.8 Å². The van der Waals surface area contributed by atoms with Gasteiger partial charge in [0, 0.05) is 4.11 Å². The quantitative estimate of drug-likeness (QED) is 0.726. The van der Waals surface area contributed by atoms with Crippen LogP contribution in [0.25, 0.3) is 0 Å². The third kappa shape index (κ3) is 1.34. The Kier molecular flexibility index (Phi) is 1.56. The second kappa shape index (κ2) is 3.47. The number of benzene rings is 1. The van der Waals surface area contributed by atoms with E-state index in [1.807, 2.05) is 0 Å². The number of aliphatic hydroxyl groups excluding tert-OH is 1. The fourth-order valence-corrected chi connectivity index (χ4v) is 1.57. The second-order valence-corrected chi connectivity index (χ2v) is 3.22. The molecule has 2 rings (SSSR count). The van der Waals surface area contributed by atoms with Crippen molar-refractivity contribution in [1.29, 1.82) is 0 Å². The van der Waals surface area contributed by atoms with Gasteiger partial charge in [0.2, 0.25) is 0 Å². The van der Waals surface area contributed by atoms with E-state index >= 15 is 0 Å². The summed E-state index contributed by atoms with van der Waals surface area (Å²) >= 11 is 0. The number of carbonyl (C=O) groups is 2. The molecular formula is C11H11NO3. The minimum Gasteiger partial charge on any atom is -0.394 e. The zero-order chi connectivity index (χ0) is 13.5. The first-order valence-corrected chi connectivity index (χ1v) is 4.45. The van der Waals surface area contributed by atoms with Crippen molar-refractivity contribution in [2.45, 2.75) is 12.9 Å². The minimum atomic E-state index is -2.61. The van der Waals surface area contributed by atoms with E-state index in [4.69, 9.17) is 9.22 Å². The summed E-state index contributed by atoms with van der Waals surface area (Å²) < 4.78 is 21.8. The number of hydrogen-bond donors (Lipinski definition) is 1. The Hall–Kier alpha value is -1.68. The van der Waals surface area contributed by atoms with E-state index in [0.29, 0.717) is 4.90 Å². The molecule has 2 amide bonds. The standard InChI is InChI=1S/C11H11NO3/c1-7(6-13)12-10(14)8-4-2-3-5-9(8)11(12)15/h2-5,7,13H,6H2,1H3/t7-/m0/s1/i1D3. The lowest BCUT2D eigenvalue weighted by molar-refractivity contribution is 0.0537. The number of amides is 2. The van der Waals surface area contributed by atoms with Crippen molar-refractivity contribution in [3.8, 4) is 0 Å². The zero-order valence-corrected chi connectivity index (χ0v) is 7.80. The summed E-state index contributed by atoms with van der Waals surface area (Å²) in [5.74, 6) is -1.35. The fraction of sp³-hybridized carbons (Fsp3) is 0.273. The molecule has 0 fully saturated rings. The summed E-state index contributed by atoms with van der Waals surface area (Å²) in [5.41, 5.74) is 0.343. The van der Waals surface area contributed by atoms with Gasteiger partial charge in [0.05, 0.1) is 23.8 Å². The van der Waals surface area contributed by atoms with Crippen LogP contribution in [0, 0.1) is 0 Å². The Bertz CT molecular complexity index is 478. The van der Waals surface area contributed by atoms with Gasteiger partial charge in [-0.15, -0.1) is 0 Å². The number of nitrogens with zero attached hydrogens (tertiary/aromatic N) is 1. The summed E-state index contributed by atoms with van der Waals surface area (Å²) in [6, 6.07) is 4.60. The maximum Gasteiger partial charge on any atom is 0.261 e. The number of rotatable bonds is 2. The van der Waals surface area contributed by atoms with Gasteiger partial charge in [-0.3, -0.25) is 14.5 Å². The maximum atomic E-state index is 12.0. The molecule has 1 aliphatic heterocycles. The van der Waals surface area contributed by atoms with Crippen LogP contribution >= 0.6 is 0 Å². The van der Waals surface area contributed by atoms with Gasteiger partial charge in [-0.1, -0.05) is 12.1 Å². The lowest BCUT2D eigenvalue weighted by Crippen LogP contribution is -2.40. The third-order valence-corrected chi connectivity index (χ3v) is 2.31. The summed E-state index contributed by atoms with van der Waals surface area (Å²) in [5, 5.41) is 9.13. The Morgan fingerprint density at radius 3 is 2.27 bits per heavy atom. The fourth-order valence-electron chi connectivity index (χ4n) is 1.57.